The number of aryl methyl sites for hydroxylation is 1. The number of nitrogens with zero attached hydrogens (tertiary/aromatic N) is 2. The number of esters is 1. The number of amides is 1. The molecule has 0 spiro atoms. The quantitative estimate of drug-likeness (QED) is 0.727. The summed E-state index contributed by atoms with van der Waals surface area (Å²) in [6, 6.07) is 1.65. The molecule has 0 radical (unpaired) electrons. The fraction of sp³-hybridized carbons (Fsp3) is 0.571. The summed E-state index contributed by atoms with van der Waals surface area (Å²) in [6.45, 7) is 5.20. The van der Waals surface area contributed by atoms with Crippen LogP contribution in [-0.4, -0.2) is 41.5 Å². The van der Waals surface area contributed by atoms with Crippen LogP contribution in [0.1, 0.15) is 37.2 Å². The van der Waals surface area contributed by atoms with E-state index in [0.29, 0.717) is 23.9 Å². The van der Waals surface area contributed by atoms with Crippen molar-refractivity contribution in [2.45, 2.75) is 33.2 Å². The molecule has 0 unspecified atom stereocenters. The summed E-state index contributed by atoms with van der Waals surface area (Å²) in [5.74, 6) is -0.441. The number of hydrogen-bond donors (Lipinski definition) is 0. The molecule has 1 aromatic rings. The van der Waals surface area contributed by atoms with E-state index >= 15 is 0 Å². The number of rotatable bonds is 7. The van der Waals surface area contributed by atoms with Gasteiger partial charge in [-0.1, -0.05) is 18.5 Å². The summed E-state index contributed by atoms with van der Waals surface area (Å²) in [6.07, 6.45) is 2.85. The molecule has 6 heteroatoms. The van der Waals surface area contributed by atoms with Gasteiger partial charge in [0.25, 0.3) is 5.91 Å². The van der Waals surface area contributed by atoms with Gasteiger partial charge in [0, 0.05) is 26.3 Å². The summed E-state index contributed by atoms with van der Waals surface area (Å²) in [5, 5.41) is 0.542. The van der Waals surface area contributed by atoms with Crippen molar-refractivity contribution in [3.8, 4) is 0 Å². The van der Waals surface area contributed by atoms with E-state index in [0.717, 1.165) is 13.0 Å². The highest BCUT2D eigenvalue weighted by Gasteiger charge is 2.18. The molecule has 112 valence electrons. The van der Waals surface area contributed by atoms with E-state index in [1.54, 1.807) is 26.2 Å². The van der Waals surface area contributed by atoms with Crippen LogP contribution in [0.25, 0.3) is 0 Å². The van der Waals surface area contributed by atoms with Gasteiger partial charge in [-0.05, 0) is 19.4 Å². The zero-order valence-electron chi connectivity index (χ0n) is 12.2. The van der Waals surface area contributed by atoms with Gasteiger partial charge in [-0.2, -0.15) is 0 Å². The van der Waals surface area contributed by atoms with E-state index < -0.39 is 0 Å². The molecule has 0 aromatic carbocycles. The smallest absolute Gasteiger partial charge is 0.307 e. The van der Waals surface area contributed by atoms with Gasteiger partial charge in [0.2, 0.25) is 0 Å². The Morgan fingerprint density at radius 2 is 2.10 bits per heavy atom. The first kappa shape index (κ1) is 16.6. The minimum Gasteiger partial charge on any atom is -0.466 e. The van der Waals surface area contributed by atoms with E-state index in [-0.39, 0.29) is 18.3 Å². The molecule has 1 amide bonds. The third-order valence-corrected chi connectivity index (χ3v) is 3.06. The lowest BCUT2D eigenvalue weighted by Crippen LogP contribution is -2.31. The molecule has 0 saturated heterocycles. The molecule has 1 heterocycles. The lowest BCUT2D eigenvalue weighted by molar-refractivity contribution is -0.143. The first-order chi connectivity index (χ1) is 9.49. The van der Waals surface area contributed by atoms with Gasteiger partial charge in [0.1, 0.15) is 5.69 Å². The maximum atomic E-state index is 12.3. The molecule has 0 N–H and O–H groups in total. The average molecular weight is 301 g/mol. The molecule has 0 aliphatic rings. The zero-order valence-corrected chi connectivity index (χ0v) is 12.9. The van der Waals surface area contributed by atoms with Crippen molar-refractivity contribution in [2.75, 3.05) is 20.2 Å². The van der Waals surface area contributed by atoms with Crippen molar-refractivity contribution in [2.24, 2.45) is 0 Å². The second kappa shape index (κ2) is 7.94. The third kappa shape index (κ3) is 4.56. The van der Waals surface area contributed by atoms with Crippen LogP contribution in [0.2, 0.25) is 5.02 Å². The summed E-state index contributed by atoms with van der Waals surface area (Å²) < 4.78 is 6.68. The first-order valence-electron chi connectivity index (χ1n) is 6.76. The second-order valence-electron chi connectivity index (χ2n) is 4.52. The van der Waals surface area contributed by atoms with Crippen LogP contribution < -0.4 is 0 Å². The molecule has 1 rings (SSSR count). The maximum absolute atomic E-state index is 12.3. The van der Waals surface area contributed by atoms with Crippen LogP contribution in [0.15, 0.2) is 12.3 Å². The Hall–Kier alpha value is -1.49. The Labute approximate surface area is 124 Å². The van der Waals surface area contributed by atoms with Crippen LogP contribution in [0, 0.1) is 0 Å². The predicted octanol–water partition coefficient (Wildman–Crippen LogP) is 2.58. The number of carbonyl (C=O) groups is 2. The normalized spacial score (nSPS) is 10.4. The zero-order chi connectivity index (χ0) is 15.1. The molecular weight excluding hydrogens is 280 g/mol. The Morgan fingerprint density at radius 1 is 1.40 bits per heavy atom. The molecule has 5 nitrogen and oxygen atoms in total. The number of ether oxygens (including phenoxy) is 1. The van der Waals surface area contributed by atoms with Crippen LogP contribution in [0.4, 0.5) is 0 Å². The first-order valence-corrected chi connectivity index (χ1v) is 7.14. The molecule has 0 atom stereocenters. The Kier molecular flexibility index (Phi) is 6.58. The lowest BCUT2D eigenvalue weighted by Gasteiger charge is -2.17. The maximum Gasteiger partial charge on any atom is 0.307 e. The lowest BCUT2D eigenvalue weighted by atomic mass is 10.3. The van der Waals surface area contributed by atoms with E-state index in [1.807, 2.05) is 11.5 Å². The van der Waals surface area contributed by atoms with Gasteiger partial charge in [0.15, 0.2) is 0 Å². The van der Waals surface area contributed by atoms with Crippen LogP contribution in [0.3, 0.4) is 0 Å². The molecular formula is C14H21ClN2O3. The molecule has 0 bridgehead atoms. The Balaban J connectivity index is 2.66. The predicted molar refractivity (Wildman–Crippen MR) is 77.9 cm³/mol. The molecule has 1 aromatic heterocycles. The largest absolute Gasteiger partial charge is 0.466 e. The summed E-state index contributed by atoms with van der Waals surface area (Å²) in [5.41, 5.74) is 0.545. The average Bonchev–Trinajstić information content (AvgIpc) is 2.77. The van der Waals surface area contributed by atoms with E-state index in [2.05, 4.69) is 0 Å². The highest BCUT2D eigenvalue weighted by Crippen LogP contribution is 2.16. The third-order valence-electron chi connectivity index (χ3n) is 2.85. The van der Waals surface area contributed by atoms with E-state index in [1.165, 1.54) is 4.90 Å². The van der Waals surface area contributed by atoms with Crippen LogP contribution in [0.5, 0.6) is 0 Å². The monoisotopic (exact) mass is 300 g/mol. The highest BCUT2D eigenvalue weighted by atomic mass is 35.5. The van der Waals surface area contributed by atoms with Crippen molar-refractivity contribution in [3.63, 3.8) is 0 Å². The minimum atomic E-state index is -0.297. The van der Waals surface area contributed by atoms with Crippen molar-refractivity contribution in [1.29, 1.82) is 0 Å². The van der Waals surface area contributed by atoms with Gasteiger partial charge < -0.3 is 14.2 Å². The topological polar surface area (TPSA) is 51.5 Å². The van der Waals surface area contributed by atoms with Crippen molar-refractivity contribution in [3.05, 3.63) is 23.0 Å². The van der Waals surface area contributed by atoms with Crippen molar-refractivity contribution >= 4 is 23.5 Å². The van der Waals surface area contributed by atoms with Crippen molar-refractivity contribution in [1.82, 2.24) is 9.47 Å². The minimum absolute atomic E-state index is 0.144. The number of carbonyl (C=O) groups excluding carboxylic acids is 2. The van der Waals surface area contributed by atoms with Gasteiger partial charge in [-0.15, -0.1) is 0 Å². The molecule has 0 aliphatic carbocycles. The van der Waals surface area contributed by atoms with Crippen LogP contribution >= 0.6 is 11.6 Å². The molecule has 20 heavy (non-hydrogen) atoms. The summed E-state index contributed by atoms with van der Waals surface area (Å²) in [4.78, 5) is 25.1. The fourth-order valence-electron chi connectivity index (χ4n) is 1.87. The van der Waals surface area contributed by atoms with Gasteiger partial charge in [-0.3, -0.25) is 9.59 Å². The highest BCUT2D eigenvalue weighted by molar-refractivity contribution is 6.31. The van der Waals surface area contributed by atoms with Gasteiger partial charge in [-0.25, -0.2) is 0 Å². The summed E-state index contributed by atoms with van der Waals surface area (Å²) >= 11 is 5.95. The number of halogens is 1. The summed E-state index contributed by atoms with van der Waals surface area (Å²) in [7, 11) is 1.67. The van der Waals surface area contributed by atoms with Crippen molar-refractivity contribution < 1.29 is 14.3 Å². The Morgan fingerprint density at radius 3 is 2.70 bits per heavy atom. The Bertz CT molecular complexity index is 471. The number of aromatic nitrogens is 1. The SMILES string of the molecule is CCCn1cc(Cl)cc1C(=O)N(C)CCC(=O)OCC. The van der Waals surface area contributed by atoms with E-state index in [4.69, 9.17) is 16.3 Å². The standard InChI is InChI=1S/C14H21ClN2O3/c1-4-7-17-10-11(15)9-12(17)14(19)16(3)8-6-13(18)20-5-2/h9-10H,4-8H2,1-3H3. The molecule has 0 aliphatic heterocycles. The number of hydrogen-bond acceptors (Lipinski definition) is 3. The van der Waals surface area contributed by atoms with E-state index in [9.17, 15) is 9.59 Å². The second-order valence-corrected chi connectivity index (χ2v) is 4.96. The molecule has 0 fully saturated rings. The van der Waals surface area contributed by atoms with Crippen LogP contribution in [-0.2, 0) is 16.1 Å². The molecule has 0 saturated carbocycles. The van der Waals surface area contributed by atoms with Gasteiger partial charge >= 0.3 is 5.97 Å². The van der Waals surface area contributed by atoms with Gasteiger partial charge in [0.05, 0.1) is 18.1 Å². The fourth-order valence-corrected chi connectivity index (χ4v) is 2.09.